The fourth-order valence-electron chi connectivity index (χ4n) is 3.55. The number of aromatic nitrogens is 1. The molecule has 4 rings (SSSR count). The molecular formula is C21H29N5O4S2. The molecule has 174 valence electrons. The van der Waals surface area contributed by atoms with Crippen molar-refractivity contribution in [3.8, 4) is 0 Å². The topological polar surface area (TPSA) is 112 Å². The van der Waals surface area contributed by atoms with Gasteiger partial charge in [-0.15, -0.1) is 0 Å². The van der Waals surface area contributed by atoms with E-state index in [9.17, 15) is 16.8 Å². The van der Waals surface area contributed by atoms with Gasteiger partial charge >= 0.3 is 0 Å². The van der Waals surface area contributed by atoms with Gasteiger partial charge < -0.3 is 9.80 Å². The van der Waals surface area contributed by atoms with Crippen LogP contribution < -0.4 is 14.3 Å². The van der Waals surface area contributed by atoms with E-state index in [1.54, 1.807) is 6.20 Å². The van der Waals surface area contributed by atoms with Crippen molar-refractivity contribution in [2.24, 2.45) is 0 Å². The second kappa shape index (κ2) is 9.44. The van der Waals surface area contributed by atoms with Crippen molar-refractivity contribution in [2.45, 2.75) is 42.1 Å². The van der Waals surface area contributed by atoms with Crippen molar-refractivity contribution in [3.63, 3.8) is 0 Å². The van der Waals surface area contributed by atoms with Crippen LogP contribution in [0.2, 0.25) is 0 Å². The fraction of sp³-hybridized carbons (Fsp3) is 0.476. The van der Waals surface area contributed by atoms with Crippen LogP contribution in [0.3, 0.4) is 0 Å². The van der Waals surface area contributed by atoms with E-state index in [-0.39, 0.29) is 22.4 Å². The normalized spacial score (nSPS) is 18.1. The van der Waals surface area contributed by atoms with E-state index < -0.39 is 20.0 Å². The highest BCUT2D eigenvalue weighted by atomic mass is 32.2. The average Bonchev–Trinajstić information content (AvgIpc) is 3.62. The van der Waals surface area contributed by atoms with Crippen molar-refractivity contribution in [2.75, 3.05) is 37.6 Å². The summed E-state index contributed by atoms with van der Waals surface area (Å²) in [6.07, 6.45) is 3.35. The first-order valence-electron chi connectivity index (χ1n) is 10.8. The summed E-state index contributed by atoms with van der Waals surface area (Å²) in [5.41, 5.74) is 0.748. The number of nitrogens with one attached hydrogen (secondary N) is 2. The van der Waals surface area contributed by atoms with Crippen LogP contribution in [-0.2, 0) is 26.6 Å². The van der Waals surface area contributed by atoms with Gasteiger partial charge in [-0.25, -0.2) is 31.3 Å². The SMILES string of the molecule is CCN1CCN(c2ccc(CNS(=O)(=O)c3ccc(S(=O)(=O)NC4CC4)cc3)cn2)CC1. The maximum atomic E-state index is 12.6. The Kier molecular flexibility index (Phi) is 6.82. The minimum atomic E-state index is -3.78. The lowest BCUT2D eigenvalue weighted by Crippen LogP contribution is -2.46. The van der Waals surface area contributed by atoms with Gasteiger partial charge in [-0.3, -0.25) is 0 Å². The summed E-state index contributed by atoms with van der Waals surface area (Å²) in [6.45, 7) is 7.18. The first-order chi connectivity index (χ1) is 15.3. The van der Waals surface area contributed by atoms with E-state index in [4.69, 9.17) is 0 Å². The Balaban J connectivity index is 1.34. The first kappa shape index (κ1) is 23.1. The highest BCUT2D eigenvalue weighted by Gasteiger charge is 2.28. The molecule has 2 aliphatic rings. The van der Waals surface area contributed by atoms with E-state index in [0.717, 1.165) is 56.9 Å². The molecule has 2 aromatic rings. The summed E-state index contributed by atoms with van der Waals surface area (Å²) in [7, 11) is -7.39. The Labute approximate surface area is 189 Å². The van der Waals surface area contributed by atoms with Gasteiger partial charge in [0.25, 0.3) is 0 Å². The number of piperazine rings is 1. The molecular weight excluding hydrogens is 450 g/mol. The molecule has 0 radical (unpaired) electrons. The van der Waals surface area contributed by atoms with Crippen LogP contribution in [0.1, 0.15) is 25.3 Å². The van der Waals surface area contributed by atoms with Crippen LogP contribution in [-0.4, -0.2) is 65.5 Å². The number of pyridine rings is 1. The zero-order valence-electron chi connectivity index (χ0n) is 18.1. The van der Waals surface area contributed by atoms with Crippen molar-refractivity contribution < 1.29 is 16.8 Å². The van der Waals surface area contributed by atoms with E-state index in [0.29, 0.717) is 0 Å². The quantitative estimate of drug-likeness (QED) is 0.555. The summed E-state index contributed by atoms with van der Waals surface area (Å²) >= 11 is 0. The molecule has 0 bridgehead atoms. The number of sulfonamides is 2. The molecule has 32 heavy (non-hydrogen) atoms. The molecule has 1 aliphatic heterocycles. The summed E-state index contributed by atoms with van der Waals surface area (Å²) in [5.74, 6) is 0.893. The molecule has 11 heteroatoms. The maximum absolute atomic E-state index is 12.6. The molecule has 0 spiro atoms. The second-order valence-electron chi connectivity index (χ2n) is 8.14. The number of likely N-dealkylation sites (N-methyl/N-ethyl adjacent to an activating group) is 1. The van der Waals surface area contributed by atoms with Gasteiger partial charge in [0.1, 0.15) is 5.82 Å². The Hall–Kier alpha value is -2.05. The zero-order chi connectivity index (χ0) is 22.8. The van der Waals surface area contributed by atoms with E-state index >= 15 is 0 Å². The van der Waals surface area contributed by atoms with Gasteiger partial charge in [0.2, 0.25) is 20.0 Å². The molecule has 0 unspecified atom stereocenters. The van der Waals surface area contributed by atoms with Crippen LogP contribution in [0.15, 0.2) is 52.4 Å². The fourth-order valence-corrected chi connectivity index (χ4v) is 5.87. The van der Waals surface area contributed by atoms with Gasteiger partial charge in [-0.2, -0.15) is 0 Å². The third-order valence-corrected chi connectivity index (χ3v) is 8.72. The highest BCUT2D eigenvalue weighted by Crippen LogP contribution is 2.23. The Morgan fingerprint density at radius 1 is 0.906 bits per heavy atom. The number of anilines is 1. The monoisotopic (exact) mass is 479 g/mol. The number of benzene rings is 1. The molecule has 1 aliphatic carbocycles. The van der Waals surface area contributed by atoms with Crippen LogP contribution >= 0.6 is 0 Å². The maximum Gasteiger partial charge on any atom is 0.240 e. The lowest BCUT2D eigenvalue weighted by atomic mass is 10.2. The predicted octanol–water partition coefficient (Wildman–Crippen LogP) is 1.14. The molecule has 1 saturated carbocycles. The number of hydrogen-bond donors (Lipinski definition) is 2. The van der Waals surface area contributed by atoms with Crippen molar-refractivity contribution in [1.29, 1.82) is 0 Å². The molecule has 1 aromatic heterocycles. The average molecular weight is 480 g/mol. The second-order valence-corrected chi connectivity index (χ2v) is 11.6. The number of hydrogen-bond acceptors (Lipinski definition) is 7. The van der Waals surface area contributed by atoms with E-state index in [2.05, 4.69) is 31.2 Å². The molecule has 1 aromatic carbocycles. The molecule has 1 saturated heterocycles. The van der Waals surface area contributed by atoms with Gasteiger partial charge in [0, 0.05) is 45.0 Å². The van der Waals surface area contributed by atoms with E-state index in [1.165, 1.54) is 24.3 Å². The Morgan fingerprint density at radius 2 is 1.53 bits per heavy atom. The van der Waals surface area contributed by atoms with Crippen LogP contribution in [0.4, 0.5) is 5.82 Å². The third kappa shape index (κ3) is 5.65. The zero-order valence-corrected chi connectivity index (χ0v) is 19.7. The van der Waals surface area contributed by atoms with Crippen LogP contribution in [0, 0.1) is 0 Å². The molecule has 0 atom stereocenters. The van der Waals surface area contributed by atoms with E-state index in [1.807, 2.05) is 12.1 Å². The Morgan fingerprint density at radius 3 is 2.06 bits per heavy atom. The van der Waals surface area contributed by atoms with Gasteiger partial charge in [0.15, 0.2) is 0 Å². The molecule has 2 N–H and O–H groups in total. The number of nitrogens with zero attached hydrogens (tertiary/aromatic N) is 3. The summed E-state index contributed by atoms with van der Waals surface area (Å²) < 4.78 is 54.8. The molecule has 2 fully saturated rings. The first-order valence-corrected chi connectivity index (χ1v) is 13.8. The minimum Gasteiger partial charge on any atom is -0.354 e. The van der Waals surface area contributed by atoms with Crippen molar-refractivity contribution in [1.82, 2.24) is 19.3 Å². The van der Waals surface area contributed by atoms with Crippen molar-refractivity contribution >= 4 is 25.9 Å². The highest BCUT2D eigenvalue weighted by molar-refractivity contribution is 7.90. The Bertz CT molecular complexity index is 1120. The van der Waals surface area contributed by atoms with Gasteiger partial charge in [-0.1, -0.05) is 13.0 Å². The largest absolute Gasteiger partial charge is 0.354 e. The molecule has 2 heterocycles. The van der Waals surface area contributed by atoms with Gasteiger partial charge in [-0.05, 0) is 55.3 Å². The minimum absolute atomic E-state index is 0.00831. The van der Waals surface area contributed by atoms with Crippen LogP contribution in [0.5, 0.6) is 0 Å². The lowest BCUT2D eigenvalue weighted by Gasteiger charge is -2.34. The molecule has 0 amide bonds. The standard InChI is InChI=1S/C21H29N5O4S2/c1-2-25-11-13-26(14-12-25)21-10-3-17(15-22-21)16-23-31(27,28)19-6-8-20(9-7-19)32(29,30)24-18-4-5-18/h3,6-10,15,18,23-24H,2,4-5,11-14,16H2,1H3. The summed E-state index contributed by atoms with van der Waals surface area (Å²) in [6, 6.07) is 9.02. The number of rotatable bonds is 9. The molecule has 9 nitrogen and oxygen atoms in total. The summed E-state index contributed by atoms with van der Waals surface area (Å²) in [4.78, 5) is 9.19. The lowest BCUT2D eigenvalue weighted by molar-refractivity contribution is 0.270. The van der Waals surface area contributed by atoms with Crippen molar-refractivity contribution in [3.05, 3.63) is 48.2 Å². The predicted molar refractivity (Wildman–Crippen MR) is 122 cm³/mol. The smallest absolute Gasteiger partial charge is 0.240 e. The summed E-state index contributed by atoms with van der Waals surface area (Å²) in [5, 5.41) is 0. The van der Waals surface area contributed by atoms with Crippen LogP contribution in [0.25, 0.3) is 0 Å². The van der Waals surface area contributed by atoms with Gasteiger partial charge in [0.05, 0.1) is 9.79 Å². The third-order valence-electron chi connectivity index (χ3n) is 5.76.